The molecule has 0 aliphatic carbocycles. The summed E-state index contributed by atoms with van der Waals surface area (Å²) in [4.78, 5) is 19.2. The van der Waals surface area contributed by atoms with E-state index >= 15 is 0 Å². The van der Waals surface area contributed by atoms with Crippen LogP contribution < -0.4 is 10.2 Å². The van der Waals surface area contributed by atoms with E-state index in [0.29, 0.717) is 5.02 Å². The van der Waals surface area contributed by atoms with Gasteiger partial charge in [-0.1, -0.05) is 30.7 Å². The van der Waals surface area contributed by atoms with Crippen LogP contribution in [0, 0.1) is 12.8 Å². The summed E-state index contributed by atoms with van der Waals surface area (Å²) in [6, 6.07) is 11.8. The first kappa shape index (κ1) is 19.7. The number of rotatable bonds is 5. The molecule has 3 heterocycles. The van der Waals surface area contributed by atoms with Crippen LogP contribution in [0.5, 0.6) is 0 Å². The molecule has 1 saturated heterocycles. The molecular weight excluding hydrogens is 386 g/mol. The van der Waals surface area contributed by atoms with Gasteiger partial charge in [0.1, 0.15) is 5.82 Å². The molecule has 152 valence electrons. The highest BCUT2D eigenvalue weighted by molar-refractivity contribution is 6.30. The number of carbonyl (C=O) groups is 1. The summed E-state index contributed by atoms with van der Waals surface area (Å²) < 4.78 is 1.91. The van der Waals surface area contributed by atoms with Crippen molar-refractivity contribution in [3.05, 3.63) is 47.1 Å². The molecule has 1 aliphatic rings. The average Bonchev–Trinajstić information content (AvgIpc) is 3.16. The Kier molecular flexibility index (Phi) is 5.72. The molecule has 0 spiro atoms. The van der Waals surface area contributed by atoms with Crippen molar-refractivity contribution in [2.75, 3.05) is 24.5 Å². The molecule has 1 aliphatic heterocycles. The molecule has 6 nitrogen and oxygen atoms in total. The fourth-order valence-corrected chi connectivity index (χ4v) is 3.96. The van der Waals surface area contributed by atoms with Crippen molar-refractivity contribution in [2.24, 2.45) is 5.92 Å². The van der Waals surface area contributed by atoms with Crippen LogP contribution in [0.4, 0.5) is 5.82 Å². The first-order valence-corrected chi connectivity index (χ1v) is 10.6. The first-order valence-electron chi connectivity index (χ1n) is 10.2. The maximum Gasteiger partial charge on any atom is 0.223 e. The monoisotopic (exact) mass is 411 g/mol. The molecule has 1 amide bonds. The predicted molar refractivity (Wildman–Crippen MR) is 116 cm³/mol. The summed E-state index contributed by atoms with van der Waals surface area (Å²) in [5.74, 6) is 1.31. The van der Waals surface area contributed by atoms with E-state index < -0.39 is 0 Å². The fraction of sp³-hybridized carbons (Fsp3) is 0.409. The van der Waals surface area contributed by atoms with Crippen LogP contribution in [0.3, 0.4) is 0 Å². The quantitative estimate of drug-likeness (QED) is 0.686. The van der Waals surface area contributed by atoms with E-state index in [9.17, 15) is 4.79 Å². The minimum Gasteiger partial charge on any atom is -0.356 e. The zero-order valence-corrected chi connectivity index (χ0v) is 17.6. The summed E-state index contributed by atoms with van der Waals surface area (Å²) in [6.07, 6.45) is 2.67. The number of fused-ring (bicyclic) bond motifs is 1. The summed E-state index contributed by atoms with van der Waals surface area (Å²) >= 11 is 6.01. The van der Waals surface area contributed by atoms with Crippen molar-refractivity contribution in [2.45, 2.75) is 33.1 Å². The Morgan fingerprint density at radius 1 is 1.21 bits per heavy atom. The van der Waals surface area contributed by atoms with Gasteiger partial charge in [0.15, 0.2) is 5.65 Å². The molecule has 3 aromatic rings. The number of halogens is 1. The van der Waals surface area contributed by atoms with Crippen molar-refractivity contribution in [1.29, 1.82) is 0 Å². The van der Waals surface area contributed by atoms with Gasteiger partial charge in [-0.2, -0.15) is 9.61 Å². The number of benzene rings is 1. The molecule has 0 atom stereocenters. The zero-order chi connectivity index (χ0) is 20.4. The van der Waals surface area contributed by atoms with Crippen LogP contribution in [0.1, 0.15) is 31.9 Å². The topological polar surface area (TPSA) is 62.5 Å². The number of piperidine rings is 1. The normalized spacial score (nSPS) is 15.1. The van der Waals surface area contributed by atoms with Crippen LogP contribution in [0.15, 0.2) is 36.4 Å². The van der Waals surface area contributed by atoms with Gasteiger partial charge in [0.05, 0.1) is 5.69 Å². The minimum atomic E-state index is 0.0958. The molecule has 29 heavy (non-hydrogen) atoms. The van der Waals surface area contributed by atoms with Crippen molar-refractivity contribution in [3.63, 3.8) is 0 Å². The highest BCUT2D eigenvalue weighted by Crippen LogP contribution is 2.27. The molecule has 1 fully saturated rings. The number of hydrogen-bond acceptors (Lipinski definition) is 4. The maximum atomic E-state index is 12.3. The third-order valence-corrected chi connectivity index (χ3v) is 5.67. The second-order valence-electron chi connectivity index (χ2n) is 7.61. The largest absolute Gasteiger partial charge is 0.356 e. The van der Waals surface area contributed by atoms with E-state index in [4.69, 9.17) is 16.7 Å². The number of aromatic nitrogens is 3. The average molecular weight is 412 g/mol. The number of hydrogen-bond donors (Lipinski definition) is 1. The third-order valence-electron chi connectivity index (χ3n) is 5.42. The van der Waals surface area contributed by atoms with Gasteiger partial charge < -0.3 is 10.2 Å². The second-order valence-corrected chi connectivity index (χ2v) is 8.05. The molecule has 4 rings (SSSR count). The van der Waals surface area contributed by atoms with E-state index in [1.54, 1.807) is 0 Å². The van der Waals surface area contributed by atoms with Crippen LogP contribution in [0.25, 0.3) is 16.9 Å². The summed E-state index contributed by atoms with van der Waals surface area (Å²) in [7, 11) is 0. The van der Waals surface area contributed by atoms with Gasteiger partial charge in [-0.25, -0.2) is 4.98 Å². The molecule has 1 aromatic carbocycles. The van der Waals surface area contributed by atoms with Gasteiger partial charge in [0.2, 0.25) is 5.91 Å². The van der Waals surface area contributed by atoms with Crippen LogP contribution in [0.2, 0.25) is 5.02 Å². The molecule has 0 radical (unpaired) electrons. The number of carbonyl (C=O) groups excluding carboxylic acids is 1. The lowest BCUT2D eigenvalue weighted by molar-refractivity contribution is -0.125. The third kappa shape index (κ3) is 4.22. The number of amides is 1. The maximum absolute atomic E-state index is 12.3. The molecular formula is C22H26ClN5O. The van der Waals surface area contributed by atoms with Crippen molar-refractivity contribution < 1.29 is 4.79 Å². The van der Waals surface area contributed by atoms with Crippen LogP contribution in [-0.4, -0.2) is 40.1 Å². The zero-order valence-electron chi connectivity index (χ0n) is 16.9. The Bertz CT molecular complexity index is 1010. The predicted octanol–water partition coefficient (Wildman–Crippen LogP) is 4.10. The van der Waals surface area contributed by atoms with Crippen molar-refractivity contribution >= 4 is 29.0 Å². The molecule has 0 unspecified atom stereocenters. The number of nitrogens with one attached hydrogen (secondary N) is 1. The van der Waals surface area contributed by atoms with Gasteiger partial charge >= 0.3 is 0 Å². The van der Waals surface area contributed by atoms with Crippen molar-refractivity contribution in [1.82, 2.24) is 19.9 Å². The summed E-state index contributed by atoms with van der Waals surface area (Å²) in [5.41, 5.74) is 3.66. The molecule has 7 heteroatoms. The van der Waals surface area contributed by atoms with Gasteiger partial charge in [0, 0.05) is 54.0 Å². The Morgan fingerprint density at radius 3 is 2.62 bits per heavy atom. The summed E-state index contributed by atoms with van der Waals surface area (Å²) in [6.45, 7) is 6.49. The summed E-state index contributed by atoms with van der Waals surface area (Å²) in [5, 5.41) is 8.55. The van der Waals surface area contributed by atoms with E-state index in [-0.39, 0.29) is 11.8 Å². The SMILES string of the molecule is CCCNC(=O)C1CCN(c2cc(C)nc3cc(-c4ccc(Cl)cc4)nn23)CC1. The van der Waals surface area contributed by atoms with E-state index in [1.807, 2.05) is 41.8 Å². The number of aryl methyl sites for hydroxylation is 1. The van der Waals surface area contributed by atoms with E-state index in [2.05, 4.69) is 28.2 Å². The van der Waals surface area contributed by atoms with E-state index in [1.165, 1.54) is 0 Å². The first-order chi connectivity index (χ1) is 14.0. The van der Waals surface area contributed by atoms with Crippen LogP contribution in [-0.2, 0) is 4.79 Å². The fourth-order valence-electron chi connectivity index (χ4n) is 3.83. The lowest BCUT2D eigenvalue weighted by Gasteiger charge is -2.33. The molecule has 0 bridgehead atoms. The lowest BCUT2D eigenvalue weighted by Crippen LogP contribution is -2.41. The number of nitrogens with zero attached hydrogens (tertiary/aromatic N) is 4. The number of anilines is 1. The standard InChI is InChI=1S/C22H26ClN5O/c1-3-10-24-22(29)17-8-11-27(12-9-17)21-13-15(2)25-20-14-19(26-28(20)21)16-4-6-18(23)7-5-16/h4-7,13-14,17H,3,8-12H2,1-2H3,(H,24,29). The lowest BCUT2D eigenvalue weighted by atomic mass is 9.96. The highest BCUT2D eigenvalue weighted by atomic mass is 35.5. The van der Waals surface area contributed by atoms with Gasteiger partial charge in [-0.15, -0.1) is 0 Å². The van der Waals surface area contributed by atoms with Crippen molar-refractivity contribution in [3.8, 4) is 11.3 Å². The Morgan fingerprint density at radius 2 is 1.93 bits per heavy atom. The molecule has 1 N–H and O–H groups in total. The second kappa shape index (κ2) is 8.41. The molecule has 2 aromatic heterocycles. The van der Waals surface area contributed by atoms with Gasteiger partial charge in [-0.05, 0) is 38.3 Å². The Balaban J connectivity index is 1.58. The van der Waals surface area contributed by atoms with Gasteiger partial charge in [-0.3, -0.25) is 4.79 Å². The highest BCUT2D eigenvalue weighted by Gasteiger charge is 2.26. The van der Waals surface area contributed by atoms with Crippen LogP contribution >= 0.6 is 11.6 Å². The minimum absolute atomic E-state index is 0.0958. The Labute approximate surface area is 175 Å². The molecule has 0 saturated carbocycles. The Hall–Kier alpha value is -2.60. The van der Waals surface area contributed by atoms with E-state index in [0.717, 1.165) is 67.3 Å². The smallest absolute Gasteiger partial charge is 0.223 e. The van der Waals surface area contributed by atoms with Gasteiger partial charge in [0.25, 0.3) is 0 Å².